The second-order valence-electron chi connectivity index (χ2n) is 4.65. The van der Waals surface area contributed by atoms with E-state index >= 15 is 0 Å². The molecule has 1 aromatic carbocycles. The molecule has 0 bridgehead atoms. The Bertz CT molecular complexity index is 629. The van der Waals surface area contributed by atoms with Crippen molar-refractivity contribution in [2.75, 3.05) is 5.32 Å². The fourth-order valence-corrected chi connectivity index (χ4v) is 3.78. The molecule has 0 spiro atoms. The van der Waals surface area contributed by atoms with Crippen LogP contribution in [-0.2, 0) is 0 Å². The molecule has 0 fully saturated rings. The minimum absolute atomic E-state index is 0.104. The van der Waals surface area contributed by atoms with Crippen LogP contribution >= 0.6 is 39.5 Å². The first-order valence-corrected chi connectivity index (χ1v) is 8.70. The Balaban J connectivity index is 2.29. The van der Waals surface area contributed by atoms with Crippen molar-refractivity contribution in [1.29, 1.82) is 0 Å². The number of nitrogens with one attached hydrogen (secondary N) is 1. The Morgan fingerprint density at radius 1 is 1.48 bits per heavy atom. The third-order valence-electron chi connectivity index (χ3n) is 3.14. The van der Waals surface area contributed by atoms with Gasteiger partial charge in [0.15, 0.2) is 5.82 Å². The van der Waals surface area contributed by atoms with Gasteiger partial charge in [-0.15, -0.1) is 11.3 Å². The molecule has 0 aliphatic heterocycles. The maximum Gasteiger partial charge on any atom is 0.161 e. The quantitative estimate of drug-likeness (QED) is 0.666. The zero-order valence-corrected chi connectivity index (χ0v) is 14.7. The first-order chi connectivity index (χ1) is 10.0. The fourth-order valence-electron chi connectivity index (χ4n) is 2.10. The largest absolute Gasteiger partial charge is 0.389 e. The van der Waals surface area contributed by atoms with Gasteiger partial charge in [-0.3, -0.25) is 0 Å². The normalized spacial score (nSPS) is 12.1. The van der Waals surface area contributed by atoms with Gasteiger partial charge in [-0.05, 0) is 45.9 Å². The molecule has 0 radical (unpaired) electrons. The molecular formula is C15H16BrFN2S2. The number of benzene rings is 1. The molecule has 21 heavy (non-hydrogen) atoms. The van der Waals surface area contributed by atoms with E-state index in [1.165, 1.54) is 4.88 Å². The van der Waals surface area contributed by atoms with E-state index in [1.807, 2.05) is 11.4 Å². The van der Waals surface area contributed by atoms with Gasteiger partial charge >= 0.3 is 0 Å². The Kier molecular flexibility index (Phi) is 5.72. The SMILES string of the molecule is CCCC(Nc1ccc(C(N)=S)c(Br)c1F)c1cccs1. The van der Waals surface area contributed by atoms with Crippen LogP contribution in [0.5, 0.6) is 0 Å². The van der Waals surface area contributed by atoms with Gasteiger partial charge in [0, 0.05) is 10.4 Å². The van der Waals surface area contributed by atoms with E-state index in [9.17, 15) is 4.39 Å². The van der Waals surface area contributed by atoms with Crippen molar-refractivity contribution in [3.05, 3.63) is 50.4 Å². The van der Waals surface area contributed by atoms with E-state index < -0.39 is 0 Å². The standard InChI is InChI=1S/C15H16BrFN2S2/c1-2-4-10(12-5-3-8-21-12)19-11-7-6-9(15(18)20)13(16)14(11)17/h3,5-8,10,19H,2,4H2,1H3,(H2,18,20). The van der Waals surface area contributed by atoms with Crippen LogP contribution in [0.15, 0.2) is 34.1 Å². The molecule has 0 saturated carbocycles. The molecule has 112 valence electrons. The molecule has 1 unspecified atom stereocenters. The third-order valence-corrected chi connectivity index (χ3v) is 5.12. The predicted octanol–water partition coefficient (Wildman–Crippen LogP) is 5.24. The van der Waals surface area contributed by atoms with E-state index in [0.717, 1.165) is 12.8 Å². The van der Waals surface area contributed by atoms with Crippen molar-refractivity contribution in [2.45, 2.75) is 25.8 Å². The number of hydrogen-bond acceptors (Lipinski definition) is 3. The van der Waals surface area contributed by atoms with Crippen LogP contribution in [0.4, 0.5) is 10.1 Å². The monoisotopic (exact) mass is 386 g/mol. The number of hydrogen-bond donors (Lipinski definition) is 2. The summed E-state index contributed by atoms with van der Waals surface area (Å²) in [5.41, 5.74) is 6.54. The average molecular weight is 387 g/mol. The van der Waals surface area contributed by atoms with E-state index in [0.29, 0.717) is 15.7 Å². The highest BCUT2D eigenvalue weighted by molar-refractivity contribution is 9.10. The highest BCUT2D eigenvalue weighted by Crippen LogP contribution is 2.32. The summed E-state index contributed by atoms with van der Waals surface area (Å²) in [4.78, 5) is 1.38. The van der Waals surface area contributed by atoms with Crippen molar-refractivity contribution in [3.63, 3.8) is 0 Å². The second kappa shape index (κ2) is 7.33. The summed E-state index contributed by atoms with van der Waals surface area (Å²) in [6, 6.07) is 7.59. The molecule has 2 nitrogen and oxygen atoms in total. The Morgan fingerprint density at radius 2 is 2.24 bits per heavy atom. The molecule has 6 heteroatoms. The topological polar surface area (TPSA) is 38.0 Å². The number of thiophene rings is 1. The number of anilines is 1. The maximum atomic E-state index is 14.4. The summed E-state index contributed by atoms with van der Waals surface area (Å²) in [5.74, 6) is -0.363. The number of nitrogens with two attached hydrogens (primary N) is 1. The van der Waals surface area contributed by atoms with Gasteiger partial charge in [0.25, 0.3) is 0 Å². The lowest BCUT2D eigenvalue weighted by Crippen LogP contribution is -2.14. The van der Waals surface area contributed by atoms with Crippen LogP contribution in [0.1, 0.15) is 36.2 Å². The Morgan fingerprint density at radius 3 is 2.81 bits per heavy atom. The summed E-state index contributed by atoms with van der Waals surface area (Å²) in [7, 11) is 0. The van der Waals surface area contributed by atoms with Crippen molar-refractivity contribution in [1.82, 2.24) is 0 Å². The van der Waals surface area contributed by atoms with Gasteiger partial charge < -0.3 is 11.1 Å². The van der Waals surface area contributed by atoms with E-state index in [-0.39, 0.29) is 16.8 Å². The van der Waals surface area contributed by atoms with E-state index in [1.54, 1.807) is 23.5 Å². The van der Waals surface area contributed by atoms with Crippen molar-refractivity contribution in [3.8, 4) is 0 Å². The van der Waals surface area contributed by atoms with Crippen LogP contribution < -0.4 is 11.1 Å². The molecule has 1 aromatic heterocycles. The smallest absolute Gasteiger partial charge is 0.161 e. The average Bonchev–Trinajstić information content (AvgIpc) is 2.97. The zero-order chi connectivity index (χ0) is 15.4. The zero-order valence-electron chi connectivity index (χ0n) is 11.5. The second-order valence-corrected chi connectivity index (χ2v) is 6.87. The number of rotatable bonds is 6. The summed E-state index contributed by atoms with van der Waals surface area (Å²) in [6.45, 7) is 2.12. The van der Waals surface area contributed by atoms with Gasteiger partial charge in [-0.2, -0.15) is 0 Å². The maximum absolute atomic E-state index is 14.4. The Labute approximate surface area is 141 Å². The fraction of sp³-hybridized carbons (Fsp3) is 0.267. The summed E-state index contributed by atoms with van der Waals surface area (Å²) < 4.78 is 14.8. The lowest BCUT2D eigenvalue weighted by Gasteiger charge is -2.19. The molecule has 0 saturated heterocycles. The highest BCUT2D eigenvalue weighted by atomic mass is 79.9. The van der Waals surface area contributed by atoms with Crippen LogP contribution in [0.3, 0.4) is 0 Å². The molecule has 0 aliphatic carbocycles. The highest BCUT2D eigenvalue weighted by Gasteiger charge is 2.17. The first kappa shape index (κ1) is 16.4. The molecule has 3 N–H and O–H groups in total. The summed E-state index contributed by atoms with van der Waals surface area (Å²) >= 11 is 9.81. The van der Waals surface area contributed by atoms with E-state index in [4.69, 9.17) is 18.0 Å². The minimum atomic E-state index is -0.363. The lowest BCUT2D eigenvalue weighted by atomic mass is 10.1. The first-order valence-electron chi connectivity index (χ1n) is 6.62. The van der Waals surface area contributed by atoms with Gasteiger partial charge in [0.1, 0.15) is 4.99 Å². The number of halogens is 2. The van der Waals surface area contributed by atoms with Crippen LogP contribution in [0, 0.1) is 5.82 Å². The Hall–Kier alpha value is -0.980. The minimum Gasteiger partial charge on any atom is -0.389 e. The summed E-state index contributed by atoms with van der Waals surface area (Å²) in [5, 5.41) is 5.31. The molecule has 1 heterocycles. The lowest BCUT2D eigenvalue weighted by molar-refractivity contribution is 0.613. The molecule has 2 rings (SSSR count). The molecular weight excluding hydrogens is 371 g/mol. The van der Waals surface area contributed by atoms with E-state index in [2.05, 4.69) is 34.2 Å². The van der Waals surface area contributed by atoms with Crippen molar-refractivity contribution < 1.29 is 4.39 Å². The summed E-state index contributed by atoms with van der Waals surface area (Å²) in [6.07, 6.45) is 1.96. The van der Waals surface area contributed by atoms with Gasteiger partial charge in [0.05, 0.1) is 16.2 Å². The predicted molar refractivity (Wildman–Crippen MR) is 95.6 cm³/mol. The molecule has 0 aliphatic rings. The van der Waals surface area contributed by atoms with Crippen molar-refractivity contribution >= 4 is 50.2 Å². The van der Waals surface area contributed by atoms with Crippen LogP contribution in [0.25, 0.3) is 0 Å². The van der Waals surface area contributed by atoms with Gasteiger partial charge in [-0.1, -0.05) is 31.6 Å². The third kappa shape index (κ3) is 3.81. The van der Waals surface area contributed by atoms with Crippen LogP contribution in [0.2, 0.25) is 0 Å². The van der Waals surface area contributed by atoms with Crippen LogP contribution in [-0.4, -0.2) is 4.99 Å². The molecule has 1 atom stereocenters. The van der Waals surface area contributed by atoms with Gasteiger partial charge in [0.2, 0.25) is 0 Å². The number of thiocarbonyl (C=S) groups is 1. The molecule has 2 aromatic rings. The van der Waals surface area contributed by atoms with Crippen molar-refractivity contribution in [2.24, 2.45) is 5.73 Å². The van der Waals surface area contributed by atoms with Gasteiger partial charge in [-0.25, -0.2) is 4.39 Å². The molecule has 0 amide bonds.